The summed E-state index contributed by atoms with van der Waals surface area (Å²) < 4.78 is 5.28. The van der Waals surface area contributed by atoms with E-state index in [1.54, 1.807) is 0 Å². The van der Waals surface area contributed by atoms with E-state index < -0.39 is 0 Å². The average Bonchev–Trinajstić information content (AvgIpc) is 2.96. The average molecular weight is 289 g/mol. The molecule has 1 aromatic carbocycles. The van der Waals surface area contributed by atoms with Crippen molar-refractivity contribution >= 4 is 17.0 Å². The summed E-state index contributed by atoms with van der Waals surface area (Å²) in [4.78, 5) is 11.8. The molecule has 21 heavy (non-hydrogen) atoms. The number of fused-ring (bicyclic) bond motifs is 1. The Morgan fingerprint density at radius 1 is 1.14 bits per heavy atom. The lowest BCUT2D eigenvalue weighted by molar-refractivity contribution is -0.142. The Bertz CT molecular complexity index is 565. The zero-order valence-corrected chi connectivity index (χ0v) is 12.6. The maximum Gasteiger partial charge on any atom is 0.310 e. The monoisotopic (exact) mass is 289 g/mol. The first-order valence-corrected chi connectivity index (χ1v) is 7.75. The fourth-order valence-corrected chi connectivity index (χ4v) is 2.34. The molecule has 0 radical (unpaired) electrons. The van der Waals surface area contributed by atoms with Crippen LogP contribution in [0.3, 0.4) is 0 Å². The summed E-state index contributed by atoms with van der Waals surface area (Å²) in [5.74, 6) is -0.195. The van der Waals surface area contributed by atoms with Gasteiger partial charge in [-0.15, -0.1) is 0 Å². The van der Waals surface area contributed by atoms with E-state index >= 15 is 0 Å². The lowest BCUT2D eigenvalue weighted by Crippen LogP contribution is -2.09. The minimum atomic E-state index is -0.195. The van der Waals surface area contributed by atoms with Crippen molar-refractivity contribution in [3.8, 4) is 0 Å². The number of carbonyl (C=O) groups excluding carboxylic acids is 1. The summed E-state index contributed by atoms with van der Waals surface area (Å²) in [7, 11) is 0. The molecule has 0 aliphatic heterocycles. The molecule has 114 valence electrons. The van der Waals surface area contributed by atoms with Crippen molar-refractivity contribution in [2.45, 2.75) is 51.9 Å². The maximum absolute atomic E-state index is 11.8. The molecule has 0 saturated heterocycles. The molecule has 0 atom stereocenters. The van der Waals surface area contributed by atoms with Gasteiger partial charge in [-0.05, 0) is 18.1 Å². The predicted octanol–water partition coefficient (Wildman–Crippen LogP) is 3.40. The van der Waals surface area contributed by atoms with Crippen LogP contribution in [0.1, 0.15) is 51.0 Å². The summed E-state index contributed by atoms with van der Waals surface area (Å²) in [6, 6.07) is 5.63. The Labute approximate surface area is 125 Å². The standard InChI is InChI=1S/C16H23N3O2/c1-2-3-4-5-6-7-11-21-15(20)12-13-9-8-10-14-16(13)18-19-17-14/h8-10H,2-7,11-12H2,1H3,(H,17,18,19). The Morgan fingerprint density at radius 3 is 2.81 bits per heavy atom. The number of nitrogens with one attached hydrogen (secondary N) is 1. The number of nitrogens with zero attached hydrogens (tertiary/aromatic N) is 2. The van der Waals surface area contributed by atoms with Crippen LogP contribution in [-0.4, -0.2) is 28.0 Å². The highest BCUT2D eigenvalue weighted by Crippen LogP contribution is 2.14. The van der Waals surface area contributed by atoms with E-state index in [1.165, 1.54) is 25.7 Å². The van der Waals surface area contributed by atoms with Gasteiger partial charge in [0.25, 0.3) is 0 Å². The third-order valence-corrected chi connectivity index (χ3v) is 3.53. The van der Waals surface area contributed by atoms with Crippen molar-refractivity contribution in [2.24, 2.45) is 0 Å². The van der Waals surface area contributed by atoms with Gasteiger partial charge in [-0.2, -0.15) is 15.4 Å². The molecule has 0 amide bonds. The molecule has 0 aliphatic rings. The van der Waals surface area contributed by atoms with Crippen molar-refractivity contribution in [3.63, 3.8) is 0 Å². The molecule has 0 bridgehead atoms. The fourth-order valence-electron chi connectivity index (χ4n) is 2.34. The van der Waals surface area contributed by atoms with E-state index in [1.807, 2.05) is 18.2 Å². The predicted molar refractivity (Wildman–Crippen MR) is 81.9 cm³/mol. The SMILES string of the molecule is CCCCCCCCOC(=O)Cc1cccc2n[nH]nc12. The molecule has 5 nitrogen and oxygen atoms in total. The van der Waals surface area contributed by atoms with Crippen molar-refractivity contribution in [2.75, 3.05) is 6.61 Å². The molecule has 0 spiro atoms. The third-order valence-electron chi connectivity index (χ3n) is 3.53. The topological polar surface area (TPSA) is 67.9 Å². The van der Waals surface area contributed by atoms with Gasteiger partial charge in [0.1, 0.15) is 11.0 Å². The highest BCUT2D eigenvalue weighted by atomic mass is 16.5. The minimum absolute atomic E-state index is 0.195. The van der Waals surface area contributed by atoms with Crippen molar-refractivity contribution in [1.29, 1.82) is 0 Å². The number of carbonyl (C=O) groups is 1. The van der Waals surface area contributed by atoms with E-state index in [-0.39, 0.29) is 12.4 Å². The lowest BCUT2D eigenvalue weighted by Gasteiger charge is -2.05. The van der Waals surface area contributed by atoms with Crippen molar-refractivity contribution < 1.29 is 9.53 Å². The molecule has 2 aromatic rings. The van der Waals surface area contributed by atoms with Gasteiger partial charge in [0.15, 0.2) is 0 Å². The van der Waals surface area contributed by atoms with Crippen LogP contribution >= 0.6 is 0 Å². The second-order valence-electron chi connectivity index (χ2n) is 5.27. The van der Waals surface area contributed by atoms with E-state index in [0.717, 1.165) is 29.4 Å². The first-order chi connectivity index (χ1) is 10.3. The zero-order valence-electron chi connectivity index (χ0n) is 12.6. The number of H-pyrrole nitrogens is 1. The fraction of sp³-hybridized carbons (Fsp3) is 0.562. The van der Waals surface area contributed by atoms with Crippen LogP contribution in [0.4, 0.5) is 0 Å². The van der Waals surface area contributed by atoms with Crippen LogP contribution in [0.5, 0.6) is 0 Å². The number of hydrogen-bond donors (Lipinski definition) is 1. The molecule has 1 aromatic heterocycles. The molecule has 2 rings (SSSR count). The molecular formula is C16H23N3O2. The molecule has 0 saturated carbocycles. The number of unbranched alkanes of at least 4 members (excludes halogenated alkanes) is 5. The highest BCUT2D eigenvalue weighted by molar-refractivity contribution is 5.83. The molecular weight excluding hydrogens is 266 g/mol. The Balaban J connectivity index is 1.69. The van der Waals surface area contributed by atoms with Crippen LogP contribution in [-0.2, 0) is 16.0 Å². The van der Waals surface area contributed by atoms with Gasteiger partial charge in [-0.3, -0.25) is 4.79 Å². The normalized spacial score (nSPS) is 10.9. The molecule has 0 unspecified atom stereocenters. The van der Waals surface area contributed by atoms with Crippen LogP contribution in [0.15, 0.2) is 18.2 Å². The maximum atomic E-state index is 11.8. The number of hydrogen-bond acceptors (Lipinski definition) is 4. The van der Waals surface area contributed by atoms with Crippen LogP contribution in [0, 0.1) is 0 Å². The van der Waals surface area contributed by atoms with E-state index in [2.05, 4.69) is 22.3 Å². The molecule has 0 aliphatic carbocycles. The highest BCUT2D eigenvalue weighted by Gasteiger charge is 2.10. The molecule has 5 heteroatoms. The summed E-state index contributed by atoms with van der Waals surface area (Å²) in [6.45, 7) is 2.72. The van der Waals surface area contributed by atoms with Gasteiger partial charge in [0, 0.05) is 0 Å². The summed E-state index contributed by atoms with van der Waals surface area (Å²) >= 11 is 0. The largest absolute Gasteiger partial charge is 0.465 e. The van der Waals surface area contributed by atoms with E-state index in [4.69, 9.17) is 4.74 Å². The second-order valence-corrected chi connectivity index (χ2v) is 5.27. The second kappa shape index (κ2) is 8.39. The van der Waals surface area contributed by atoms with Gasteiger partial charge in [-0.1, -0.05) is 51.2 Å². The first kappa shape index (κ1) is 15.5. The van der Waals surface area contributed by atoms with Crippen LogP contribution in [0.2, 0.25) is 0 Å². The number of para-hydroxylation sites is 1. The molecule has 1 N–H and O–H groups in total. The zero-order chi connectivity index (χ0) is 14.9. The summed E-state index contributed by atoms with van der Waals surface area (Å²) in [5.41, 5.74) is 2.37. The number of rotatable bonds is 9. The van der Waals surface area contributed by atoms with Gasteiger partial charge in [0.2, 0.25) is 0 Å². The third kappa shape index (κ3) is 4.85. The molecule has 1 heterocycles. The number of ether oxygens (including phenoxy) is 1. The number of aromatic nitrogens is 3. The first-order valence-electron chi connectivity index (χ1n) is 7.75. The van der Waals surface area contributed by atoms with Gasteiger partial charge in [-0.25, -0.2) is 0 Å². The van der Waals surface area contributed by atoms with E-state index in [9.17, 15) is 4.79 Å². The summed E-state index contributed by atoms with van der Waals surface area (Å²) in [6.07, 6.45) is 7.38. The van der Waals surface area contributed by atoms with E-state index in [0.29, 0.717) is 6.61 Å². The minimum Gasteiger partial charge on any atom is -0.465 e. The molecule has 0 fully saturated rings. The van der Waals surface area contributed by atoms with Crippen molar-refractivity contribution in [3.05, 3.63) is 23.8 Å². The lowest BCUT2D eigenvalue weighted by atomic mass is 10.1. The van der Waals surface area contributed by atoms with Crippen molar-refractivity contribution in [1.82, 2.24) is 15.4 Å². The number of esters is 1. The van der Waals surface area contributed by atoms with Gasteiger partial charge >= 0.3 is 5.97 Å². The number of aromatic amines is 1. The van der Waals surface area contributed by atoms with Gasteiger partial charge < -0.3 is 4.74 Å². The van der Waals surface area contributed by atoms with Gasteiger partial charge in [0.05, 0.1) is 13.0 Å². The number of benzene rings is 1. The smallest absolute Gasteiger partial charge is 0.310 e. The Kier molecular flexibility index (Phi) is 6.19. The van der Waals surface area contributed by atoms with Crippen LogP contribution in [0.25, 0.3) is 11.0 Å². The Morgan fingerprint density at radius 2 is 1.95 bits per heavy atom. The van der Waals surface area contributed by atoms with Crippen LogP contribution < -0.4 is 0 Å². The quantitative estimate of drug-likeness (QED) is 0.567. The Hall–Kier alpha value is -1.91. The summed E-state index contributed by atoms with van der Waals surface area (Å²) in [5, 5.41) is 10.7.